The number of benzene rings is 1. The Morgan fingerprint density at radius 2 is 2.05 bits per heavy atom. The molecule has 0 bridgehead atoms. The first-order valence-corrected chi connectivity index (χ1v) is 6.80. The summed E-state index contributed by atoms with van der Waals surface area (Å²) in [6.45, 7) is 3.47. The summed E-state index contributed by atoms with van der Waals surface area (Å²) in [5.41, 5.74) is 1.57. The predicted octanol–water partition coefficient (Wildman–Crippen LogP) is 2.59. The molecule has 0 spiro atoms. The summed E-state index contributed by atoms with van der Waals surface area (Å²) in [6, 6.07) is 11.3. The summed E-state index contributed by atoms with van der Waals surface area (Å²) in [4.78, 5) is 12.0. The van der Waals surface area contributed by atoms with Crippen molar-refractivity contribution in [1.29, 1.82) is 0 Å². The minimum absolute atomic E-state index is 0.0498. The molecule has 4 heteroatoms. The van der Waals surface area contributed by atoms with Gasteiger partial charge in [0.2, 0.25) is 0 Å². The number of hydrogen-bond donors (Lipinski definition) is 2. The van der Waals surface area contributed by atoms with Crippen molar-refractivity contribution in [3.8, 4) is 11.3 Å². The van der Waals surface area contributed by atoms with Gasteiger partial charge in [0, 0.05) is 17.7 Å². The second-order valence-electron chi connectivity index (χ2n) is 4.70. The molecule has 0 saturated heterocycles. The van der Waals surface area contributed by atoms with Crippen molar-refractivity contribution in [3.05, 3.63) is 47.7 Å². The van der Waals surface area contributed by atoms with Crippen molar-refractivity contribution in [2.45, 2.75) is 13.3 Å². The lowest BCUT2D eigenvalue weighted by molar-refractivity contribution is 0.0953. The molecule has 2 rings (SSSR count). The molecule has 2 N–H and O–H groups in total. The van der Waals surface area contributed by atoms with Crippen molar-refractivity contribution < 1.29 is 9.21 Å². The Bertz CT molecular complexity index is 575. The van der Waals surface area contributed by atoms with E-state index in [0.29, 0.717) is 12.1 Å². The summed E-state index contributed by atoms with van der Waals surface area (Å²) in [5, 5.41) is 5.96. The maximum atomic E-state index is 12.0. The summed E-state index contributed by atoms with van der Waals surface area (Å²) >= 11 is 0. The van der Waals surface area contributed by atoms with E-state index in [2.05, 4.69) is 10.6 Å². The standard InChI is InChI=1S/C16H20N2O2/c1-12-7-8-15(20-12)13-5-3-6-14(11-13)16(19)18-10-4-9-17-2/h3,5-8,11,17H,4,9-10H2,1-2H3,(H,18,19). The van der Waals surface area contributed by atoms with E-state index >= 15 is 0 Å². The van der Waals surface area contributed by atoms with E-state index in [1.807, 2.05) is 50.4 Å². The molecule has 1 aromatic heterocycles. The van der Waals surface area contributed by atoms with Gasteiger partial charge in [-0.25, -0.2) is 0 Å². The molecule has 0 saturated carbocycles. The maximum absolute atomic E-state index is 12.0. The van der Waals surface area contributed by atoms with Crippen LogP contribution < -0.4 is 10.6 Å². The van der Waals surface area contributed by atoms with E-state index in [-0.39, 0.29) is 5.91 Å². The highest BCUT2D eigenvalue weighted by atomic mass is 16.3. The maximum Gasteiger partial charge on any atom is 0.251 e. The van der Waals surface area contributed by atoms with Crippen molar-refractivity contribution >= 4 is 5.91 Å². The van der Waals surface area contributed by atoms with Gasteiger partial charge in [-0.2, -0.15) is 0 Å². The van der Waals surface area contributed by atoms with Gasteiger partial charge in [0.15, 0.2) is 0 Å². The molecular weight excluding hydrogens is 252 g/mol. The molecule has 4 nitrogen and oxygen atoms in total. The zero-order valence-corrected chi connectivity index (χ0v) is 11.9. The summed E-state index contributed by atoms with van der Waals surface area (Å²) in [7, 11) is 1.90. The molecule has 0 fully saturated rings. The fraction of sp³-hybridized carbons (Fsp3) is 0.312. The zero-order valence-electron chi connectivity index (χ0n) is 11.9. The lowest BCUT2D eigenvalue weighted by atomic mass is 10.1. The second-order valence-corrected chi connectivity index (χ2v) is 4.70. The van der Waals surface area contributed by atoms with Gasteiger partial charge in [-0.05, 0) is 51.2 Å². The van der Waals surface area contributed by atoms with E-state index in [1.54, 1.807) is 0 Å². The SMILES string of the molecule is CNCCCNC(=O)c1cccc(-c2ccc(C)o2)c1. The normalized spacial score (nSPS) is 10.5. The third kappa shape index (κ3) is 3.71. The zero-order chi connectivity index (χ0) is 14.4. The Kier molecular flexibility index (Phi) is 4.96. The predicted molar refractivity (Wildman–Crippen MR) is 79.8 cm³/mol. The van der Waals surface area contributed by atoms with Gasteiger partial charge in [-0.3, -0.25) is 4.79 Å². The minimum atomic E-state index is -0.0498. The van der Waals surface area contributed by atoms with Crippen molar-refractivity contribution in [3.63, 3.8) is 0 Å². The van der Waals surface area contributed by atoms with Crippen molar-refractivity contribution in [1.82, 2.24) is 10.6 Å². The number of carbonyl (C=O) groups excluding carboxylic acids is 1. The molecule has 20 heavy (non-hydrogen) atoms. The van der Waals surface area contributed by atoms with E-state index < -0.39 is 0 Å². The van der Waals surface area contributed by atoms with E-state index in [0.717, 1.165) is 30.0 Å². The third-order valence-electron chi connectivity index (χ3n) is 3.04. The largest absolute Gasteiger partial charge is 0.461 e. The Hall–Kier alpha value is -2.07. The molecule has 0 unspecified atom stereocenters. The van der Waals surface area contributed by atoms with Crippen LogP contribution in [0.25, 0.3) is 11.3 Å². The highest BCUT2D eigenvalue weighted by Crippen LogP contribution is 2.22. The summed E-state index contributed by atoms with van der Waals surface area (Å²) < 4.78 is 5.58. The summed E-state index contributed by atoms with van der Waals surface area (Å²) in [5.74, 6) is 1.60. The van der Waals surface area contributed by atoms with Gasteiger partial charge < -0.3 is 15.1 Å². The number of furan rings is 1. The average Bonchev–Trinajstić information content (AvgIpc) is 2.90. The molecule has 0 atom stereocenters. The molecule has 1 aromatic carbocycles. The fourth-order valence-corrected chi connectivity index (χ4v) is 1.97. The first-order chi connectivity index (χ1) is 9.70. The number of nitrogens with one attached hydrogen (secondary N) is 2. The smallest absolute Gasteiger partial charge is 0.251 e. The second kappa shape index (κ2) is 6.91. The lowest BCUT2D eigenvalue weighted by Gasteiger charge is -2.06. The highest BCUT2D eigenvalue weighted by molar-refractivity contribution is 5.95. The van der Waals surface area contributed by atoms with Crippen LogP contribution in [0, 0.1) is 6.92 Å². The molecule has 0 radical (unpaired) electrons. The fourth-order valence-electron chi connectivity index (χ4n) is 1.97. The molecule has 0 aliphatic rings. The van der Waals surface area contributed by atoms with Crippen LogP contribution in [-0.2, 0) is 0 Å². The first kappa shape index (κ1) is 14.3. The topological polar surface area (TPSA) is 54.3 Å². The van der Waals surface area contributed by atoms with Gasteiger partial charge in [0.1, 0.15) is 11.5 Å². The first-order valence-electron chi connectivity index (χ1n) is 6.80. The third-order valence-corrected chi connectivity index (χ3v) is 3.04. The van der Waals surface area contributed by atoms with E-state index in [1.165, 1.54) is 0 Å². The number of amides is 1. The highest BCUT2D eigenvalue weighted by Gasteiger charge is 2.08. The molecular formula is C16H20N2O2. The van der Waals surface area contributed by atoms with Gasteiger partial charge in [0.05, 0.1) is 0 Å². The van der Waals surface area contributed by atoms with Crippen molar-refractivity contribution in [2.75, 3.05) is 20.1 Å². The van der Waals surface area contributed by atoms with Crippen LogP contribution in [0.15, 0.2) is 40.8 Å². The minimum Gasteiger partial charge on any atom is -0.461 e. The molecule has 0 aliphatic heterocycles. The van der Waals surface area contributed by atoms with Crippen LogP contribution in [0.2, 0.25) is 0 Å². The monoisotopic (exact) mass is 272 g/mol. The van der Waals surface area contributed by atoms with Gasteiger partial charge in [0.25, 0.3) is 5.91 Å². The Balaban J connectivity index is 2.04. The molecule has 1 heterocycles. The Morgan fingerprint density at radius 1 is 1.20 bits per heavy atom. The van der Waals surface area contributed by atoms with Gasteiger partial charge in [-0.1, -0.05) is 12.1 Å². The molecule has 0 aliphatic carbocycles. The number of carbonyl (C=O) groups is 1. The van der Waals surface area contributed by atoms with E-state index in [9.17, 15) is 4.79 Å². The quantitative estimate of drug-likeness (QED) is 0.795. The number of aryl methyl sites for hydroxylation is 1. The van der Waals surface area contributed by atoms with E-state index in [4.69, 9.17) is 4.42 Å². The summed E-state index contributed by atoms with van der Waals surface area (Å²) in [6.07, 6.45) is 0.916. The van der Waals surface area contributed by atoms with Crippen LogP contribution in [0.1, 0.15) is 22.5 Å². The Labute approximate surface area is 119 Å². The van der Waals surface area contributed by atoms with Crippen LogP contribution in [0.3, 0.4) is 0 Å². The van der Waals surface area contributed by atoms with Gasteiger partial charge >= 0.3 is 0 Å². The van der Waals surface area contributed by atoms with Crippen LogP contribution in [0.5, 0.6) is 0 Å². The number of rotatable bonds is 6. The molecule has 1 amide bonds. The van der Waals surface area contributed by atoms with Gasteiger partial charge in [-0.15, -0.1) is 0 Å². The van der Waals surface area contributed by atoms with Crippen LogP contribution in [0.4, 0.5) is 0 Å². The Morgan fingerprint density at radius 3 is 2.75 bits per heavy atom. The van der Waals surface area contributed by atoms with Crippen LogP contribution in [-0.4, -0.2) is 26.0 Å². The van der Waals surface area contributed by atoms with Crippen molar-refractivity contribution in [2.24, 2.45) is 0 Å². The molecule has 106 valence electrons. The number of hydrogen-bond acceptors (Lipinski definition) is 3. The lowest BCUT2D eigenvalue weighted by Crippen LogP contribution is -2.26. The molecule has 2 aromatic rings. The average molecular weight is 272 g/mol. The van der Waals surface area contributed by atoms with Crippen LogP contribution >= 0.6 is 0 Å².